The van der Waals surface area contributed by atoms with Crippen LogP contribution >= 0.6 is 0 Å². The third kappa shape index (κ3) is 8.94. The van der Waals surface area contributed by atoms with Crippen LogP contribution in [0.25, 0.3) is 0 Å². The number of aliphatic hydroxyl groups is 12. The lowest BCUT2D eigenvalue weighted by Crippen LogP contribution is -2.67. The Kier molecular flexibility index (Phi) is 15.7. The summed E-state index contributed by atoms with van der Waals surface area (Å²) >= 11 is 0. The van der Waals surface area contributed by atoms with E-state index in [1.807, 2.05) is 13.8 Å². The van der Waals surface area contributed by atoms with E-state index < -0.39 is 136 Å². The van der Waals surface area contributed by atoms with Gasteiger partial charge in [-0.1, -0.05) is 46.3 Å². The Bertz CT molecular complexity index is 1630. The normalized spacial score (nSPS) is 52.5. The van der Waals surface area contributed by atoms with Gasteiger partial charge in [-0.25, -0.2) is 0 Å². The van der Waals surface area contributed by atoms with E-state index in [-0.39, 0.29) is 39.9 Å². The van der Waals surface area contributed by atoms with Crippen molar-refractivity contribution >= 4 is 0 Å². The zero-order chi connectivity index (χ0) is 47.7. The Hall–Kier alpha value is -0.980. The van der Waals surface area contributed by atoms with Crippen LogP contribution in [-0.4, -0.2) is 192 Å². The average molecular weight is 933 g/mol. The summed E-state index contributed by atoms with van der Waals surface area (Å²) < 4.78 is 36.9. The minimum absolute atomic E-state index is 0.0975. The van der Waals surface area contributed by atoms with Crippen LogP contribution in [-0.2, 0) is 28.4 Å². The van der Waals surface area contributed by atoms with Gasteiger partial charge in [-0.2, -0.15) is 0 Å². The predicted molar refractivity (Wildman–Crippen MR) is 229 cm³/mol. The minimum Gasteiger partial charge on any atom is -0.394 e. The third-order valence-corrected chi connectivity index (χ3v) is 18.3. The lowest BCUT2D eigenvalue weighted by molar-refractivity contribution is -0.378. The van der Waals surface area contributed by atoms with Crippen molar-refractivity contribution in [2.24, 2.45) is 45.3 Å². The fourth-order valence-electron chi connectivity index (χ4n) is 14.5. The second-order valence-corrected chi connectivity index (χ2v) is 22.2. The number of rotatable bonds is 13. The number of hydrogen-bond donors (Lipinski definition) is 12. The highest BCUT2D eigenvalue weighted by Crippen LogP contribution is 2.75. The van der Waals surface area contributed by atoms with Crippen molar-refractivity contribution in [1.82, 2.24) is 0 Å². The lowest BCUT2D eigenvalue weighted by Gasteiger charge is -2.70. The van der Waals surface area contributed by atoms with Gasteiger partial charge < -0.3 is 89.7 Å². The van der Waals surface area contributed by atoms with Crippen LogP contribution in [0.4, 0.5) is 0 Å². The molecular formula is C47H80O18. The van der Waals surface area contributed by atoms with Gasteiger partial charge in [0.15, 0.2) is 18.9 Å². The van der Waals surface area contributed by atoms with Gasteiger partial charge in [0.25, 0.3) is 0 Å². The maximum absolute atomic E-state index is 12.5. The second kappa shape index (κ2) is 19.7. The molecule has 65 heavy (non-hydrogen) atoms. The van der Waals surface area contributed by atoms with Crippen LogP contribution in [0.2, 0.25) is 0 Å². The predicted octanol–water partition coefficient (Wildman–Crippen LogP) is -0.417. The maximum Gasteiger partial charge on any atom is 0.187 e. The Morgan fingerprint density at radius 2 is 1.14 bits per heavy atom. The van der Waals surface area contributed by atoms with Gasteiger partial charge in [-0.15, -0.1) is 0 Å². The number of allylic oxidation sites excluding steroid dienone is 2. The molecule has 18 heteroatoms. The maximum atomic E-state index is 12.5. The Morgan fingerprint density at radius 1 is 0.600 bits per heavy atom. The standard InChI is InChI=1S/C47H80O18/c1-21(2)9-8-10-24(60-41-38(58)35(55)32(52)25(18-48)61-41)22-11-15-47(7)31(22)23(51)17-29-45(5)14-13-30(44(3,4)28(45)12-16-46(29,47)6)64-43-40(37(57)34(54)27(20-50)63-43)65-42-39(59)36(56)33(53)26(19-49)62-42/h9,22-43,48-59H,8,10-20H2,1-7H3. The van der Waals surface area contributed by atoms with Gasteiger partial charge in [0, 0.05) is 0 Å². The van der Waals surface area contributed by atoms with Gasteiger partial charge in [-0.05, 0) is 117 Å². The Morgan fingerprint density at radius 3 is 1.72 bits per heavy atom. The van der Waals surface area contributed by atoms with Crippen LogP contribution in [0.1, 0.15) is 106 Å². The SMILES string of the molecule is CC(C)=CCCC(OC1OC(CO)C(O)C(O)C1O)C1CCC2(C)C1C(O)CC1C3(C)CCC(OC4OC(CO)C(O)C(O)C4OC4OC(CO)C(O)C(O)C4O)C(C)(C)C3CCC12C. The van der Waals surface area contributed by atoms with Gasteiger partial charge in [0.1, 0.15) is 73.2 Å². The summed E-state index contributed by atoms with van der Waals surface area (Å²) in [5.41, 5.74) is -0.119. The van der Waals surface area contributed by atoms with Crippen LogP contribution in [0, 0.1) is 45.3 Å². The first-order chi connectivity index (χ1) is 30.5. The molecule has 0 aromatic rings. The molecule has 4 aliphatic carbocycles. The molecule has 0 spiro atoms. The first kappa shape index (κ1) is 51.9. The molecule has 376 valence electrons. The summed E-state index contributed by atoms with van der Waals surface area (Å²) in [6.45, 7) is 13.5. The topological polar surface area (TPSA) is 298 Å². The summed E-state index contributed by atoms with van der Waals surface area (Å²) in [5, 5.41) is 128. The molecule has 3 saturated heterocycles. The van der Waals surface area contributed by atoms with E-state index in [0.717, 1.165) is 37.7 Å². The number of ether oxygens (including phenoxy) is 6. The highest BCUT2D eigenvalue weighted by Gasteiger charge is 2.71. The van der Waals surface area contributed by atoms with Crippen molar-refractivity contribution in [2.45, 2.75) is 217 Å². The van der Waals surface area contributed by atoms with Crippen LogP contribution < -0.4 is 0 Å². The molecule has 3 aliphatic heterocycles. The fraction of sp³-hybridized carbons (Fsp3) is 0.957. The molecule has 12 N–H and O–H groups in total. The summed E-state index contributed by atoms with van der Waals surface area (Å²) in [6, 6.07) is 0. The monoisotopic (exact) mass is 933 g/mol. The molecule has 25 atom stereocenters. The first-order valence-corrected chi connectivity index (χ1v) is 24.0. The van der Waals surface area contributed by atoms with Crippen molar-refractivity contribution < 1.29 is 89.7 Å². The van der Waals surface area contributed by atoms with E-state index in [0.29, 0.717) is 25.7 Å². The van der Waals surface area contributed by atoms with E-state index in [2.05, 4.69) is 40.7 Å². The molecule has 4 saturated carbocycles. The zero-order valence-corrected chi connectivity index (χ0v) is 39.1. The fourth-order valence-corrected chi connectivity index (χ4v) is 14.5. The molecule has 25 unspecified atom stereocenters. The van der Waals surface area contributed by atoms with Crippen LogP contribution in [0.3, 0.4) is 0 Å². The van der Waals surface area contributed by atoms with Gasteiger partial charge in [0.05, 0.1) is 38.1 Å². The average Bonchev–Trinajstić information content (AvgIpc) is 3.64. The molecule has 7 aliphatic rings. The molecule has 7 rings (SSSR count). The van der Waals surface area contributed by atoms with E-state index in [4.69, 9.17) is 28.4 Å². The molecular weight excluding hydrogens is 852 g/mol. The van der Waals surface area contributed by atoms with E-state index in [1.165, 1.54) is 0 Å². The summed E-state index contributed by atoms with van der Waals surface area (Å²) in [6.07, 6.45) is -15.6. The molecule has 0 aromatic heterocycles. The third-order valence-electron chi connectivity index (χ3n) is 18.3. The van der Waals surface area contributed by atoms with Crippen molar-refractivity contribution in [3.05, 3.63) is 11.6 Å². The van der Waals surface area contributed by atoms with Crippen molar-refractivity contribution in [1.29, 1.82) is 0 Å². The van der Waals surface area contributed by atoms with E-state index in [9.17, 15) is 61.3 Å². The summed E-state index contributed by atoms with van der Waals surface area (Å²) in [5.74, 6) is -0.0470. The highest BCUT2D eigenvalue weighted by atomic mass is 16.8. The Labute approximate surface area is 382 Å². The van der Waals surface area contributed by atoms with Crippen LogP contribution in [0.5, 0.6) is 0 Å². The quantitative estimate of drug-likeness (QED) is 0.0825. The van der Waals surface area contributed by atoms with Crippen molar-refractivity contribution in [3.63, 3.8) is 0 Å². The number of aliphatic hydroxyl groups excluding tert-OH is 12. The van der Waals surface area contributed by atoms with E-state index >= 15 is 0 Å². The lowest BCUT2D eigenvalue weighted by atomic mass is 9.35. The minimum atomic E-state index is -1.79. The van der Waals surface area contributed by atoms with Gasteiger partial charge in [0.2, 0.25) is 0 Å². The first-order valence-electron chi connectivity index (χ1n) is 24.0. The molecule has 0 bridgehead atoms. The van der Waals surface area contributed by atoms with Gasteiger partial charge in [-0.3, -0.25) is 0 Å². The zero-order valence-electron chi connectivity index (χ0n) is 39.1. The summed E-state index contributed by atoms with van der Waals surface area (Å²) in [4.78, 5) is 0. The number of hydrogen-bond acceptors (Lipinski definition) is 18. The highest BCUT2D eigenvalue weighted by molar-refractivity contribution is 5.19. The van der Waals surface area contributed by atoms with Crippen molar-refractivity contribution in [2.75, 3.05) is 19.8 Å². The van der Waals surface area contributed by atoms with Gasteiger partial charge >= 0.3 is 0 Å². The molecule has 7 fully saturated rings. The molecule has 0 aromatic carbocycles. The second-order valence-electron chi connectivity index (χ2n) is 22.2. The molecule has 18 nitrogen and oxygen atoms in total. The molecule has 3 heterocycles. The van der Waals surface area contributed by atoms with Crippen LogP contribution in [0.15, 0.2) is 11.6 Å². The molecule has 0 amide bonds. The number of fused-ring (bicyclic) bond motifs is 5. The molecule has 0 radical (unpaired) electrons. The Balaban J connectivity index is 1.11. The van der Waals surface area contributed by atoms with E-state index in [1.54, 1.807) is 0 Å². The smallest absolute Gasteiger partial charge is 0.187 e. The van der Waals surface area contributed by atoms with Crippen molar-refractivity contribution in [3.8, 4) is 0 Å². The largest absolute Gasteiger partial charge is 0.394 e. The summed E-state index contributed by atoms with van der Waals surface area (Å²) in [7, 11) is 0.